The lowest BCUT2D eigenvalue weighted by atomic mass is 10.1. The molecule has 0 radical (unpaired) electrons. The second-order valence-corrected chi connectivity index (χ2v) is 10.4. The van der Waals surface area contributed by atoms with E-state index < -0.39 is 10.8 Å². The first kappa shape index (κ1) is 28.5. The van der Waals surface area contributed by atoms with E-state index >= 15 is 0 Å². The molecule has 2 fully saturated rings. The van der Waals surface area contributed by atoms with Crippen molar-refractivity contribution < 1.29 is 19.2 Å². The van der Waals surface area contributed by atoms with Crippen LogP contribution in [0.2, 0.25) is 5.02 Å². The van der Waals surface area contributed by atoms with Crippen molar-refractivity contribution in [3.8, 4) is 0 Å². The van der Waals surface area contributed by atoms with E-state index in [-0.39, 0.29) is 28.2 Å². The van der Waals surface area contributed by atoms with Gasteiger partial charge in [0.15, 0.2) is 5.11 Å². The van der Waals surface area contributed by atoms with E-state index in [1.807, 2.05) is 29.7 Å². The number of carbonyl (C=O) groups excluding carboxylic acids is 2. The van der Waals surface area contributed by atoms with Crippen LogP contribution in [0, 0.1) is 16.0 Å². The van der Waals surface area contributed by atoms with Crippen LogP contribution in [0.5, 0.6) is 0 Å². The second kappa shape index (κ2) is 12.6. The molecule has 0 aliphatic carbocycles. The molecule has 0 spiro atoms. The highest BCUT2D eigenvalue weighted by Crippen LogP contribution is 2.31. The Kier molecular flexibility index (Phi) is 9.20. The molecule has 39 heavy (non-hydrogen) atoms. The van der Waals surface area contributed by atoms with E-state index in [0.29, 0.717) is 68.9 Å². The number of morpholine rings is 1. The predicted octanol–water partition coefficient (Wildman–Crippen LogP) is 3.52. The highest BCUT2D eigenvalue weighted by Gasteiger charge is 2.26. The van der Waals surface area contributed by atoms with Crippen LogP contribution in [0.4, 0.5) is 22.7 Å². The minimum atomic E-state index is -0.575. The Balaban J connectivity index is 1.44. The van der Waals surface area contributed by atoms with Crippen molar-refractivity contribution in [2.75, 3.05) is 67.6 Å². The van der Waals surface area contributed by atoms with Crippen LogP contribution in [-0.4, -0.2) is 79.2 Å². The van der Waals surface area contributed by atoms with E-state index in [1.54, 1.807) is 24.3 Å². The lowest BCUT2D eigenvalue weighted by Crippen LogP contribution is -2.50. The molecule has 2 aliphatic heterocycles. The van der Waals surface area contributed by atoms with E-state index in [4.69, 9.17) is 28.6 Å². The first-order chi connectivity index (χ1) is 18.6. The fourth-order valence-electron chi connectivity index (χ4n) is 4.63. The zero-order chi connectivity index (χ0) is 28.1. The van der Waals surface area contributed by atoms with Gasteiger partial charge in [0.05, 0.1) is 29.5 Å². The molecule has 2 aromatic carbocycles. The number of amides is 2. The molecule has 0 saturated carbocycles. The number of anilines is 3. The summed E-state index contributed by atoms with van der Waals surface area (Å²) in [4.78, 5) is 42.4. The molecule has 208 valence electrons. The Morgan fingerprint density at radius 2 is 1.64 bits per heavy atom. The van der Waals surface area contributed by atoms with Crippen molar-refractivity contribution in [1.82, 2.24) is 10.2 Å². The molecule has 0 bridgehead atoms. The lowest BCUT2D eigenvalue weighted by Gasteiger charge is -2.37. The van der Waals surface area contributed by atoms with Gasteiger partial charge in [0.2, 0.25) is 5.91 Å². The van der Waals surface area contributed by atoms with Gasteiger partial charge >= 0.3 is 0 Å². The minimum absolute atomic E-state index is 0.0250. The summed E-state index contributed by atoms with van der Waals surface area (Å²) in [6.45, 7) is 8.27. The maximum Gasteiger partial charge on any atom is 0.293 e. The number of nitro benzene ring substituents is 1. The maximum atomic E-state index is 12.9. The topological polar surface area (TPSA) is 120 Å². The number of nitro groups is 1. The largest absolute Gasteiger partial charge is 0.378 e. The first-order valence-electron chi connectivity index (χ1n) is 12.7. The smallest absolute Gasteiger partial charge is 0.293 e. The van der Waals surface area contributed by atoms with Gasteiger partial charge in [-0.25, -0.2) is 0 Å². The number of thiocarbonyl (C=S) groups is 1. The van der Waals surface area contributed by atoms with E-state index in [9.17, 15) is 19.7 Å². The average Bonchev–Trinajstić information content (AvgIpc) is 2.93. The zero-order valence-electron chi connectivity index (χ0n) is 21.8. The summed E-state index contributed by atoms with van der Waals surface area (Å²) in [6, 6.07) is 9.72. The molecule has 4 rings (SSSR count). The van der Waals surface area contributed by atoms with E-state index in [0.717, 1.165) is 5.69 Å². The van der Waals surface area contributed by atoms with Crippen molar-refractivity contribution in [3.63, 3.8) is 0 Å². The number of ether oxygens (including phenoxy) is 1. The highest BCUT2D eigenvalue weighted by molar-refractivity contribution is 7.80. The van der Waals surface area contributed by atoms with Crippen molar-refractivity contribution in [1.29, 1.82) is 0 Å². The van der Waals surface area contributed by atoms with Gasteiger partial charge in [-0.2, -0.15) is 0 Å². The van der Waals surface area contributed by atoms with Crippen LogP contribution in [0.1, 0.15) is 24.2 Å². The summed E-state index contributed by atoms with van der Waals surface area (Å²) in [5, 5.41) is 17.9. The van der Waals surface area contributed by atoms with Crippen LogP contribution in [-0.2, 0) is 9.53 Å². The average molecular weight is 575 g/mol. The summed E-state index contributed by atoms with van der Waals surface area (Å²) in [5.41, 5.74) is 1.83. The van der Waals surface area contributed by atoms with Crippen LogP contribution >= 0.6 is 23.8 Å². The third-order valence-electron chi connectivity index (χ3n) is 6.65. The maximum absolute atomic E-state index is 12.9. The molecule has 0 unspecified atom stereocenters. The fourth-order valence-corrected chi connectivity index (χ4v) is 5.00. The number of benzene rings is 2. The monoisotopic (exact) mass is 574 g/mol. The van der Waals surface area contributed by atoms with E-state index in [1.165, 1.54) is 6.07 Å². The number of hydrogen-bond acceptors (Lipinski definition) is 8. The molecule has 2 aromatic rings. The second-order valence-electron chi connectivity index (χ2n) is 9.60. The zero-order valence-corrected chi connectivity index (χ0v) is 23.4. The van der Waals surface area contributed by atoms with Crippen LogP contribution < -0.4 is 20.4 Å². The van der Waals surface area contributed by atoms with Gasteiger partial charge in [0, 0.05) is 61.8 Å². The summed E-state index contributed by atoms with van der Waals surface area (Å²) in [5.74, 6) is -0.498. The van der Waals surface area contributed by atoms with Crippen LogP contribution in [0.3, 0.4) is 0 Å². The Labute approximate surface area is 237 Å². The summed E-state index contributed by atoms with van der Waals surface area (Å²) in [6.07, 6.45) is 0. The molecule has 0 atom stereocenters. The van der Waals surface area contributed by atoms with Crippen molar-refractivity contribution in [2.45, 2.75) is 13.8 Å². The third kappa shape index (κ3) is 6.94. The number of carbonyl (C=O) groups is 2. The Bertz CT molecular complexity index is 1260. The molecule has 2 amide bonds. The molecule has 11 nitrogen and oxygen atoms in total. The summed E-state index contributed by atoms with van der Waals surface area (Å²) in [7, 11) is 0. The molecule has 13 heteroatoms. The van der Waals surface area contributed by atoms with Gasteiger partial charge in [-0.05, 0) is 42.5 Å². The fraction of sp³-hybridized carbons (Fsp3) is 0.423. The Morgan fingerprint density at radius 3 is 2.28 bits per heavy atom. The van der Waals surface area contributed by atoms with Crippen molar-refractivity contribution in [2.24, 2.45) is 5.92 Å². The van der Waals surface area contributed by atoms with Crippen molar-refractivity contribution in [3.05, 3.63) is 57.1 Å². The molecule has 2 N–H and O–H groups in total. The lowest BCUT2D eigenvalue weighted by molar-refractivity contribution is -0.384. The van der Waals surface area contributed by atoms with Gasteiger partial charge in [0.25, 0.3) is 11.6 Å². The van der Waals surface area contributed by atoms with Crippen molar-refractivity contribution >= 4 is 63.5 Å². The van der Waals surface area contributed by atoms with Gasteiger partial charge in [-0.3, -0.25) is 25.0 Å². The number of rotatable bonds is 6. The predicted molar refractivity (Wildman–Crippen MR) is 155 cm³/mol. The van der Waals surface area contributed by atoms with Gasteiger partial charge in [-0.1, -0.05) is 25.4 Å². The molecule has 0 aromatic heterocycles. The molecule has 2 saturated heterocycles. The SMILES string of the molecule is CC(C)C(=O)N1CCN(c2ccc(Cl)cc2NC(=S)NC(=O)c2ccc(N3CCOCC3)c([N+](=O)[O-])c2)CC1. The number of piperazine rings is 1. The quantitative estimate of drug-likeness (QED) is 0.303. The highest BCUT2D eigenvalue weighted by atomic mass is 35.5. The number of nitrogens with one attached hydrogen (secondary N) is 2. The molecule has 2 aliphatic rings. The molecular formula is C26H31ClN6O5S. The minimum Gasteiger partial charge on any atom is -0.378 e. The molecule has 2 heterocycles. The first-order valence-corrected chi connectivity index (χ1v) is 13.5. The van der Waals surface area contributed by atoms with Crippen LogP contribution in [0.15, 0.2) is 36.4 Å². The Hall–Kier alpha value is -3.48. The number of halogens is 1. The normalized spacial score (nSPS) is 15.7. The van der Waals surface area contributed by atoms with Gasteiger partial charge in [0.1, 0.15) is 5.69 Å². The Morgan fingerprint density at radius 1 is 1.00 bits per heavy atom. The van der Waals surface area contributed by atoms with E-state index in [2.05, 4.69) is 15.5 Å². The summed E-state index contributed by atoms with van der Waals surface area (Å²) < 4.78 is 5.33. The molecular weight excluding hydrogens is 544 g/mol. The summed E-state index contributed by atoms with van der Waals surface area (Å²) >= 11 is 11.6. The third-order valence-corrected chi connectivity index (χ3v) is 7.09. The number of hydrogen-bond donors (Lipinski definition) is 2. The van der Waals surface area contributed by atoms with Gasteiger partial charge in [-0.15, -0.1) is 0 Å². The number of nitrogens with zero attached hydrogens (tertiary/aromatic N) is 4. The van der Waals surface area contributed by atoms with Gasteiger partial charge < -0.3 is 24.8 Å². The van der Waals surface area contributed by atoms with Crippen LogP contribution in [0.25, 0.3) is 0 Å². The standard InChI is InChI=1S/C26H31ClN6O5S/c1-17(2)25(35)32-9-7-30(8-10-32)21-6-4-19(27)16-20(21)28-26(39)29-24(34)18-3-5-22(23(15-18)33(36)37)31-11-13-38-14-12-31/h3-6,15-17H,7-14H2,1-2H3,(H2,28,29,34,39).